The summed E-state index contributed by atoms with van der Waals surface area (Å²) in [7, 11) is 0. The van der Waals surface area contributed by atoms with Gasteiger partial charge in [0.05, 0.1) is 0 Å². The third kappa shape index (κ3) is 3.78. The van der Waals surface area contributed by atoms with Crippen LogP contribution in [0.4, 0.5) is 4.79 Å². The number of urea groups is 1. The first-order chi connectivity index (χ1) is 10.9. The average molecular weight is 312 g/mol. The molecule has 0 atom stereocenters. The molecule has 23 heavy (non-hydrogen) atoms. The fourth-order valence-electron chi connectivity index (χ4n) is 2.97. The molecule has 1 N–H and O–H groups in total. The fourth-order valence-corrected chi connectivity index (χ4v) is 2.97. The van der Waals surface area contributed by atoms with Crippen LogP contribution >= 0.6 is 0 Å². The number of pyridine rings is 2. The van der Waals surface area contributed by atoms with Gasteiger partial charge in [0, 0.05) is 41.8 Å². The minimum Gasteiger partial charge on any atom is -0.333 e. The number of hydrogen-bond donors (Lipinski definition) is 1. The minimum absolute atomic E-state index is 0.0316. The second-order valence-electron chi connectivity index (χ2n) is 7.23. The van der Waals surface area contributed by atoms with Gasteiger partial charge in [0.15, 0.2) is 5.65 Å². The van der Waals surface area contributed by atoms with E-state index in [0.29, 0.717) is 5.92 Å². The van der Waals surface area contributed by atoms with Gasteiger partial charge in [-0.25, -0.2) is 14.8 Å². The molecule has 0 saturated carbocycles. The zero-order valence-corrected chi connectivity index (χ0v) is 14.0. The number of aromatic nitrogens is 2. The van der Waals surface area contributed by atoms with Gasteiger partial charge >= 0.3 is 6.03 Å². The summed E-state index contributed by atoms with van der Waals surface area (Å²) in [5.41, 5.74) is 1.70. The number of piperidine rings is 1. The molecule has 0 spiro atoms. The lowest BCUT2D eigenvalue weighted by Crippen LogP contribution is -2.50. The summed E-state index contributed by atoms with van der Waals surface area (Å²) in [6.07, 6.45) is 3.67. The first-order valence-electron chi connectivity index (χ1n) is 8.21. The molecule has 2 aromatic heterocycles. The molecule has 5 nitrogen and oxygen atoms in total. The van der Waals surface area contributed by atoms with Crippen molar-refractivity contribution in [2.24, 2.45) is 0 Å². The molecule has 2 aromatic rings. The third-order valence-electron chi connectivity index (χ3n) is 4.17. The highest BCUT2D eigenvalue weighted by Gasteiger charge is 2.26. The Morgan fingerprint density at radius 1 is 1.22 bits per heavy atom. The molecule has 0 aromatic carbocycles. The number of carbonyl (C=O) groups excluding carboxylic acids is 1. The van der Waals surface area contributed by atoms with E-state index < -0.39 is 0 Å². The lowest BCUT2D eigenvalue weighted by atomic mass is 9.93. The van der Waals surface area contributed by atoms with Crippen molar-refractivity contribution in [3.63, 3.8) is 0 Å². The number of hydrogen-bond acceptors (Lipinski definition) is 3. The summed E-state index contributed by atoms with van der Waals surface area (Å²) < 4.78 is 0. The van der Waals surface area contributed by atoms with Crippen LogP contribution in [0.2, 0.25) is 0 Å². The molecule has 2 amide bonds. The Morgan fingerprint density at radius 2 is 1.96 bits per heavy atom. The van der Waals surface area contributed by atoms with E-state index in [1.807, 2.05) is 37.8 Å². The van der Waals surface area contributed by atoms with Crippen LogP contribution in [0.25, 0.3) is 11.0 Å². The molecule has 1 aliphatic rings. The maximum atomic E-state index is 12.2. The summed E-state index contributed by atoms with van der Waals surface area (Å²) in [4.78, 5) is 23.2. The van der Waals surface area contributed by atoms with Gasteiger partial charge in [0.25, 0.3) is 0 Å². The molecule has 1 aliphatic heterocycles. The van der Waals surface area contributed by atoms with Gasteiger partial charge in [-0.2, -0.15) is 0 Å². The Balaban J connectivity index is 1.65. The quantitative estimate of drug-likeness (QED) is 0.879. The van der Waals surface area contributed by atoms with E-state index in [1.165, 1.54) is 0 Å². The first-order valence-corrected chi connectivity index (χ1v) is 8.21. The van der Waals surface area contributed by atoms with Crippen molar-refractivity contribution in [3.05, 3.63) is 36.2 Å². The molecule has 0 aliphatic carbocycles. The van der Waals surface area contributed by atoms with Gasteiger partial charge in [-0.05, 0) is 57.9 Å². The molecular weight excluding hydrogens is 288 g/mol. The second-order valence-corrected chi connectivity index (χ2v) is 7.23. The van der Waals surface area contributed by atoms with Gasteiger partial charge in [-0.15, -0.1) is 0 Å². The molecule has 1 fully saturated rings. The highest BCUT2D eigenvalue weighted by molar-refractivity contribution is 5.75. The number of nitrogens with one attached hydrogen (secondary N) is 1. The van der Waals surface area contributed by atoms with Crippen molar-refractivity contribution in [1.82, 2.24) is 20.2 Å². The zero-order valence-electron chi connectivity index (χ0n) is 14.0. The monoisotopic (exact) mass is 312 g/mol. The summed E-state index contributed by atoms with van der Waals surface area (Å²) in [5, 5.41) is 4.10. The minimum atomic E-state index is -0.195. The van der Waals surface area contributed by atoms with E-state index in [-0.39, 0.29) is 11.6 Å². The van der Waals surface area contributed by atoms with Crippen LogP contribution in [0, 0.1) is 0 Å². The summed E-state index contributed by atoms with van der Waals surface area (Å²) in [6, 6.07) is 8.17. The fraction of sp³-hybridized carbons (Fsp3) is 0.500. The maximum absolute atomic E-state index is 12.2. The van der Waals surface area contributed by atoms with Crippen molar-refractivity contribution in [3.8, 4) is 0 Å². The van der Waals surface area contributed by atoms with E-state index in [2.05, 4.69) is 22.4 Å². The van der Waals surface area contributed by atoms with Crippen molar-refractivity contribution < 1.29 is 4.79 Å². The smallest absolute Gasteiger partial charge is 0.317 e. The zero-order chi connectivity index (χ0) is 16.4. The Kier molecular flexibility index (Phi) is 4.20. The average Bonchev–Trinajstić information content (AvgIpc) is 2.53. The lowest BCUT2D eigenvalue weighted by molar-refractivity contribution is 0.172. The SMILES string of the molecule is CC(C)(C)NC(=O)N1CCC(c2ccc3cccnc3n2)CC1. The predicted molar refractivity (Wildman–Crippen MR) is 91.4 cm³/mol. The Bertz CT molecular complexity index is 699. The standard InChI is InChI=1S/C18H24N4O/c1-18(2,3)21-17(23)22-11-8-13(9-12-22)15-7-6-14-5-4-10-19-16(14)20-15/h4-7,10,13H,8-9,11-12H2,1-3H3,(H,21,23). The van der Waals surface area contributed by atoms with Gasteiger partial charge in [0.1, 0.15) is 0 Å². The Morgan fingerprint density at radius 3 is 2.65 bits per heavy atom. The third-order valence-corrected chi connectivity index (χ3v) is 4.17. The number of fused-ring (bicyclic) bond motifs is 1. The Labute approximate surface area is 137 Å². The van der Waals surface area contributed by atoms with E-state index in [1.54, 1.807) is 6.20 Å². The van der Waals surface area contributed by atoms with Crippen LogP contribution in [0.5, 0.6) is 0 Å². The van der Waals surface area contributed by atoms with Crippen molar-refractivity contribution >= 4 is 17.1 Å². The number of nitrogens with zero attached hydrogens (tertiary/aromatic N) is 3. The molecule has 5 heteroatoms. The van der Waals surface area contributed by atoms with E-state index in [9.17, 15) is 4.79 Å². The summed E-state index contributed by atoms with van der Waals surface area (Å²) in [6.45, 7) is 7.56. The van der Waals surface area contributed by atoms with Crippen molar-refractivity contribution in [2.45, 2.75) is 45.1 Å². The highest BCUT2D eigenvalue weighted by atomic mass is 16.2. The molecule has 122 valence electrons. The first kappa shape index (κ1) is 15.7. The van der Waals surface area contributed by atoms with Crippen LogP contribution in [-0.2, 0) is 0 Å². The van der Waals surface area contributed by atoms with E-state index in [4.69, 9.17) is 4.98 Å². The van der Waals surface area contributed by atoms with Crippen LogP contribution < -0.4 is 5.32 Å². The summed E-state index contributed by atoms with van der Waals surface area (Å²) in [5.74, 6) is 0.403. The van der Waals surface area contributed by atoms with Crippen LogP contribution in [0.1, 0.15) is 45.2 Å². The van der Waals surface area contributed by atoms with Gasteiger partial charge in [-0.1, -0.05) is 0 Å². The molecule has 0 radical (unpaired) electrons. The number of carbonyl (C=O) groups is 1. The molecule has 0 unspecified atom stereocenters. The van der Waals surface area contributed by atoms with Gasteiger partial charge < -0.3 is 10.2 Å². The second kappa shape index (κ2) is 6.14. The molecule has 0 bridgehead atoms. The number of amides is 2. The van der Waals surface area contributed by atoms with Crippen LogP contribution in [0.3, 0.4) is 0 Å². The molecule has 3 heterocycles. The predicted octanol–water partition coefficient (Wildman–Crippen LogP) is 3.32. The highest BCUT2D eigenvalue weighted by Crippen LogP contribution is 2.27. The topological polar surface area (TPSA) is 58.1 Å². The molecular formula is C18H24N4O. The van der Waals surface area contributed by atoms with Crippen LogP contribution in [-0.4, -0.2) is 39.5 Å². The van der Waals surface area contributed by atoms with Gasteiger partial charge in [0.2, 0.25) is 0 Å². The number of rotatable bonds is 1. The van der Waals surface area contributed by atoms with E-state index in [0.717, 1.165) is 42.7 Å². The lowest BCUT2D eigenvalue weighted by Gasteiger charge is -2.34. The summed E-state index contributed by atoms with van der Waals surface area (Å²) >= 11 is 0. The van der Waals surface area contributed by atoms with E-state index >= 15 is 0 Å². The van der Waals surface area contributed by atoms with Crippen molar-refractivity contribution in [2.75, 3.05) is 13.1 Å². The number of likely N-dealkylation sites (tertiary alicyclic amines) is 1. The molecule has 3 rings (SSSR count). The Hall–Kier alpha value is -2.17. The maximum Gasteiger partial charge on any atom is 0.317 e. The van der Waals surface area contributed by atoms with Crippen molar-refractivity contribution in [1.29, 1.82) is 0 Å². The largest absolute Gasteiger partial charge is 0.333 e. The normalized spacial score (nSPS) is 16.6. The van der Waals surface area contributed by atoms with Crippen LogP contribution in [0.15, 0.2) is 30.5 Å². The molecule has 1 saturated heterocycles. The van der Waals surface area contributed by atoms with Gasteiger partial charge in [-0.3, -0.25) is 0 Å².